The zero-order chi connectivity index (χ0) is 9.35. The van der Waals surface area contributed by atoms with Crippen LogP contribution < -0.4 is 0 Å². The molecular formula is C7H6Br2O2S. The number of sulfone groups is 1. The Hall–Kier alpha value is 0.130. The standard InChI is InChI=1S/C7H6Br2O2S/c1-12(10,11)5-2-3-6(8)7(9)4-5/h2-4H,1H3. The summed E-state index contributed by atoms with van der Waals surface area (Å²) in [5.41, 5.74) is 0. The van der Waals surface area contributed by atoms with E-state index in [0.717, 1.165) is 8.95 Å². The Bertz CT molecular complexity index is 398. The third kappa shape index (κ3) is 2.31. The fraction of sp³-hybridized carbons (Fsp3) is 0.143. The number of halogens is 2. The predicted molar refractivity (Wildman–Crippen MR) is 55.0 cm³/mol. The lowest BCUT2D eigenvalue weighted by Crippen LogP contribution is -1.96. The van der Waals surface area contributed by atoms with Crippen LogP contribution in [0, 0.1) is 0 Å². The van der Waals surface area contributed by atoms with Crippen LogP contribution in [-0.4, -0.2) is 14.7 Å². The summed E-state index contributed by atoms with van der Waals surface area (Å²) in [4.78, 5) is 0.317. The Balaban J connectivity index is 3.33. The molecule has 0 radical (unpaired) electrons. The number of rotatable bonds is 1. The molecule has 0 unspecified atom stereocenters. The average molecular weight is 314 g/mol. The van der Waals surface area contributed by atoms with E-state index < -0.39 is 9.84 Å². The molecule has 0 N–H and O–H groups in total. The molecule has 0 aliphatic rings. The van der Waals surface area contributed by atoms with Crippen LogP contribution in [0.25, 0.3) is 0 Å². The van der Waals surface area contributed by atoms with E-state index in [0.29, 0.717) is 4.90 Å². The molecule has 1 aromatic rings. The lowest BCUT2D eigenvalue weighted by Gasteiger charge is -1.99. The molecule has 0 heterocycles. The van der Waals surface area contributed by atoms with E-state index in [9.17, 15) is 8.42 Å². The minimum absolute atomic E-state index is 0.317. The lowest BCUT2D eigenvalue weighted by molar-refractivity contribution is 0.602. The van der Waals surface area contributed by atoms with Gasteiger partial charge in [0.25, 0.3) is 0 Å². The molecule has 0 fully saturated rings. The van der Waals surface area contributed by atoms with Gasteiger partial charge in [0, 0.05) is 15.2 Å². The van der Waals surface area contributed by atoms with E-state index in [-0.39, 0.29) is 0 Å². The monoisotopic (exact) mass is 312 g/mol. The summed E-state index contributed by atoms with van der Waals surface area (Å²) >= 11 is 6.48. The van der Waals surface area contributed by atoms with Crippen molar-refractivity contribution in [2.45, 2.75) is 4.90 Å². The molecule has 0 saturated carbocycles. The van der Waals surface area contributed by atoms with Gasteiger partial charge in [0.1, 0.15) is 0 Å². The second-order valence-electron chi connectivity index (χ2n) is 2.35. The summed E-state index contributed by atoms with van der Waals surface area (Å²) in [7, 11) is -3.09. The molecule has 0 aliphatic carbocycles. The maximum absolute atomic E-state index is 11.1. The van der Waals surface area contributed by atoms with Crippen LogP contribution in [-0.2, 0) is 9.84 Å². The van der Waals surface area contributed by atoms with E-state index in [1.54, 1.807) is 18.2 Å². The van der Waals surface area contributed by atoms with Gasteiger partial charge >= 0.3 is 0 Å². The van der Waals surface area contributed by atoms with Crippen LogP contribution in [0.1, 0.15) is 0 Å². The zero-order valence-corrected chi connectivity index (χ0v) is 10.2. The van der Waals surface area contributed by atoms with E-state index in [4.69, 9.17) is 0 Å². The van der Waals surface area contributed by atoms with Crippen LogP contribution >= 0.6 is 31.9 Å². The summed E-state index contributed by atoms with van der Waals surface area (Å²) in [6.45, 7) is 0. The van der Waals surface area contributed by atoms with Gasteiger partial charge in [-0.05, 0) is 50.1 Å². The van der Waals surface area contributed by atoms with Gasteiger partial charge in [-0.15, -0.1) is 0 Å². The molecule has 0 amide bonds. The summed E-state index contributed by atoms with van der Waals surface area (Å²) in [6.07, 6.45) is 1.18. The van der Waals surface area contributed by atoms with E-state index in [2.05, 4.69) is 31.9 Å². The van der Waals surface area contributed by atoms with Gasteiger partial charge in [-0.2, -0.15) is 0 Å². The van der Waals surface area contributed by atoms with E-state index in [1.165, 1.54) is 6.26 Å². The first kappa shape index (κ1) is 10.2. The van der Waals surface area contributed by atoms with Crippen LogP contribution in [0.3, 0.4) is 0 Å². The normalized spacial score (nSPS) is 11.6. The Morgan fingerprint density at radius 3 is 2.17 bits per heavy atom. The third-order valence-corrected chi connectivity index (χ3v) is 4.31. The van der Waals surface area contributed by atoms with E-state index >= 15 is 0 Å². The molecule has 0 aliphatic heterocycles. The molecule has 1 aromatic carbocycles. The summed E-state index contributed by atoms with van der Waals surface area (Å²) in [5.74, 6) is 0. The van der Waals surface area contributed by atoms with E-state index in [1.807, 2.05) is 0 Å². The molecule has 5 heteroatoms. The second kappa shape index (κ2) is 3.47. The van der Waals surface area contributed by atoms with Gasteiger partial charge in [0.15, 0.2) is 9.84 Å². The fourth-order valence-electron chi connectivity index (χ4n) is 0.707. The first-order chi connectivity index (χ1) is 5.41. The van der Waals surface area contributed by atoms with Crippen molar-refractivity contribution in [2.24, 2.45) is 0 Å². The quantitative estimate of drug-likeness (QED) is 0.798. The highest BCUT2D eigenvalue weighted by Gasteiger charge is 2.07. The highest BCUT2D eigenvalue weighted by atomic mass is 79.9. The Kier molecular flexibility index (Phi) is 2.96. The Morgan fingerprint density at radius 2 is 1.75 bits per heavy atom. The highest BCUT2D eigenvalue weighted by Crippen LogP contribution is 2.25. The molecule has 66 valence electrons. The molecule has 0 saturated heterocycles. The molecule has 0 aromatic heterocycles. The first-order valence-electron chi connectivity index (χ1n) is 3.06. The fourth-order valence-corrected chi connectivity index (χ4v) is 2.13. The summed E-state index contributed by atoms with van der Waals surface area (Å²) in [6, 6.07) is 4.82. The maximum atomic E-state index is 11.1. The molecule has 2 nitrogen and oxygen atoms in total. The summed E-state index contributed by atoms with van der Waals surface area (Å²) in [5, 5.41) is 0. The van der Waals surface area contributed by atoms with Crippen molar-refractivity contribution in [3.63, 3.8) is 0 Å². The minimum atomic E-state index is -3.09. The Labute approximate surface area is 88.2 Å². The van der Waals surface area contributed by atoms with Crippen LogP contribution in [0.5, 0.6) is 0 Å². The van der Waals surface area contributed by atoms with Crippen molar-refractivity contribution in [3.8, 4) is 0 Å². The van der Waals surface area contributed by atoms with Gasteiger partial charge in [-0.3, -0.25) is 0 Å². The number of hydrogen-bond acceptors (Lipinski definition) is 2. The SMILES string of the molecule is CS(=O)(=O)c1ccc(Br)c(Br)c1. The van der Waals surface area contributed by atoms with Gasteiger partial charge in [-0.1, -0.05) is 0 Å². The van der Waals surface area contributed by atoms with Crippen LogP contribution in [0.4, 0.5) is 0 Å². The molecular weight excluding hydrogens is 308 g/mol. The topological polar surface area (TPSA) is 34.1 Å². The third-order valence-electron chi connectivity index (χ3n) is 1.32. The molecule has 0 bridgehead atoms. The van der Waals surface area contributed by atoms with Crippen molar-refractivity contribution in [1.82, 2.24) is 0 Å². The van der Waals surface area contributed by atoms with Crippen LogP contribution in [0.15, 0.2) is 32.0 Å². The predicted octanol–water partition coefficient (Wildman–Crippen LogP) is 2.62. The highest BCUT2D eigenvalue weighted by molar-refractivity contribution is 9.13. The Morgan fingerprint density at radius 1 is 1.17 bits per heavy atom. The largest absolute Gasteiger partial charge is 0.224 e. The van der Waals surface area contributed by atoms with Crippen molar-refractivity contribution < 1.29 is 8.42 Å². The number of hydrogen-bond donors (Lipinski definition) is 0. The van der Waals surface area contributed by atoms with Crippen molar-refractivity contribution in [2.75, 3.05) is 6.26 Å². The maximum Gasteiger partial charge on any atom is 0.175 e. The molecule has 1 rings (SSSR count). The molecule has 0 atom stereocenters. The van der Waals surface area contributed by atoms with Crippen molar-refractivity contribution in [3.05, 3.63) is 27.1 Å². The first-order valence-corrected chi connectivity index (χ1v) is 6.54. The smallest absolute Gasteiger partial charge is 0.175 e. The lowest BCUT2D eigenvalue weighted by atomic mass is 10.4. The van der Waals surface area contributed by atoms with Gasteiger partial charge in [0.05, 0.1) is 4.90 Å². The van der Waals surface area contributed by atoms with Gasteiger partial charge < -0.3 is 0 Å². The average Bonchev–Trinajstić information content (AvgIpc) is 1.92. The zero-order valence-electron chi connectivity index (χ0n) is 6.21. The number of benzene rings is 1. The second-order valence-corrected chi connectivity index (χ2v) is 6.07. The van der Waals surface area contributed by atoms with Gasteiger partial charge in [0.2, 0.25) is 0 Å². The van der Waals surface area contributed by atoms with Crippen LogP contribution in [0.2, 0.25) is 0 Å². The van der Waals surface area contributed by atoms with Crippen molar-refractivity contribution in [1.29, 1.82) is 0 Å². The molecule has 12 heavy (non-hydrogen) atoms. The summed E-state index contributed by atoms with van der Waals surface area (Å²) < 4.78 is 23.7. The molecule has 0 spiro atoms. The van der Waals surface area contributed by atoms with Gasteiger partial charge in [-0.25, -0.2) is 8.42 Å². The minimum Gasteiger partial charge on any atom is -0.224 e. The van der Waals surface area contributed by atoms with Crippen molar-refractivity contribution >= 4 is 41.7 Å².